The fraction of sp³-hybridized carbons (Fsp3) is 0.316. The van der Waals surface area contributed by atoms with Crippen LogP contribution in [0.2, 0.25) is 0 Å². The van der Waals surface area contributed by atoms with Crippen LogP contribution >= 0.6 is 0 Å². The maximum Gasteiger partial charge on any atom is 0.322 e. The highest BCUT2D eigenvalue weighted by Crippen LogP contribution is 2.28. The van der Waals surface area contributed by atoms with E-state index in [1.54, 1.807) is 12.1 Å². The zero-order chi connectivity index (χ0) is 20.3. The lowest BCUT2D eigenvalue weighted by atomic mass is 10.2. The van der Waals surface area contributed by atoms with E-state index in [0.717, 1.165) is 9.99 Å². The molecule has 0 bridgehead atoms. The van der Waals surface area contributed by atoms with Gasteiger partial charge in [-0.3, -0.25) is 4.79 Å². The molecule has 148 valence electrons. The molecule has 1 heterocycles. The molecular formula is C19H22N4O4S. The standard InChI is InChI=1S/C19H22N4O4S/c1-22(2)16-9-5-14(6-10-16)20-21-15-7-11-17(12-8-15)28(26,27)23-13-3-4-18(23)19(24)25/h5-12,18H,3-4,13H2,1-2H3,(H,24,25)/t18-/m1/s1. The van der Waals surface area contributed by atoms with Crippen molar-refractivity contribution in [1.82, 2.24) is 4.31 Å². The Morgan fingerprint density at radius 3 is 2.07 bits per heavy atom. The fourth-order valence-electron chi connectivity index (χ4n) is 3.03. The van der Waals surface area contributed by atoms with Gasteiger partial charge in [-0.25, -0.2) is 8.42 Å². The van der Waals surface area contributed by atoms with Crippen molar-refractivity contribution in [2.75, 3.05) is 25.5 Å². The zero-order valence-electron chi connectivity index (χ0n) is 15.7. The van der Waals surface area contributed by atoms with Crippen LogP contribution in [-0.2, 0) is 14.8 Å². The van der Waals surface area contributed by atoms with E-state index in [4.69, 9.17) is 0 Å². The van der Waals surface area contributed by atoms with Crippen LogP contribution in [0.1, 0.15) is 12.8 Å². The number of hydrogen-bond acceptors (Lipinski definition) is 6. The molecule has 1 aliphatic rings. The molecule has 2 aromatic carbocycles. The van der Waals surface area contributed by atoms with Crippen LogP contribution in [0, 0.1) is 0 Å². The molecule has 0 saturated carbocycles. The van der Waals surface area contributed by atoms with Crippen molar-refractivity contribution in [3.05, 3.63) is 48.5 Å². The molecule has 1 aliphatic heterocycles. The first kappa shape index (κ1) is 20.0. The van der Waals surface area contributed by atoms with Gasteiger partial charge in [-0.15, -0.1) is 0 Å². The maximum atomic E-state index is 12.7. The monoisotopic (exact) mass is 402 g/mol. The first-order chi connectivity index (χ1) is 13.3. The average molecular weight is 402 g/mol. The van der Waals surface area contributed by atoms with E-state index < -0.39 is 22.0 Å². The second-order valence-corrected chi connectivity index (χ2v) is 8.61. The molecular weight excluding hydrogens is 380 g/mol. The zero-order valence-corrected chi connectivity index (χ0v) is 16.5. The minimum Gasteiger partial charge on any atom is -0.480 e. The number of rotatable bonds is 6. The molecule has 0 aliphatic carbocycles. The summed E-state index contributed by atoms with van der Waals surface area (Å²) in [7, 11) is 0.0485. The maximum absolute atomic E-state index is 12.7. The summed E-state index contributed by atoms with van der Waals surface area (Å²) >= 11 is 0. The quantitative estimate of drug-likeness (QED) is 0.746. The van der Waals surface area contributed by atoms with Gasteiger partial charge in [-0.05, 0) is 61.4 Å². The predicted molar refractivity (Wildman–Crippen MR) is 106 cm³/mol. The molecule has 1 saturated heterocycles. The largest absolute Gasteiger partial charge is 0.480 e. The highest BCUT2D eigenvalue weighted by Gasteiger charge is 2.39. The van der Waals surface area contributed by atoms with Gasteiger partial charge in [0.2, 0.25) is 10.0 Å². The van der Waals surface area contributed by atoms with Gasteiger partial charge in [0.25, 0.3) is 0 Å². The van der Waals surface area contributed by atoms with Gasteiger partial charge in [0, 0.05) is 26.3 Å². The van der Waals surface area contributed by atoms with Gasteiger partial charge in [-0.1, -0.05) is 0 Å². The SMILES string of the molecule is CN(C)c1ccc(N=Nc2ccc(S(=O)(=O)N3CCC[C@@H]3C(=O)O)cc2)cc1. The number of benzene rings is 2. The smallest absolute Gasteiger partial charge is 0.322 e. The molecule has 0 unspecified atom stereocenters. The Hall–Kier alpha value is -2.78. The lowest BCUT2D eigenvalue weighted by Gasteiger charge is -2.20. The summed E-state index contributed by atoms with van der Waals surface area (Å²) < 4.78 is 26.5. The Morgan fingerprint density at radius 2 is 1.57 bits per heavy atom. The van der Waals surface area contributed by atoms with Gasteiger partial charge in [0.05, 0.1) is 16.3 Å². The Balaban J connectivity index is 1.75. The minimum absolute atomic E-state index is 0.0509. The lowest BCUT2D eigenvalue weighted by molar-refractivity contribution is -0.140. The summed E-state index contributed by atoms with van der Waals surface area (Å²) in [5.41, 5.74) is 2.24. The number of carboxylic acid groups (broad SMARTS) is 1. The van der Waals surface area contributed by atoms with E-state index in [0.29, 0.717) is 24.2 Å². The molecule has 0 spiro atoms. The van der Waals surface area contributed by atoms with Crippen LogP contribution in [0.15, 0.2) is 63.7 Å². The second-order valence-electron chi connectivity index (χ2n) is 6.72. The molecule has 0 radical (unpaired) electrons. The molecule has 1 atom stereocenters. The molecule has 9 heteroatoms. The highest BCUT2D eigenvalue weighted by atomic mass is 32.2. The molecule has 1 fully saturated rings. The van der Waals surface area contributed by atoms with Crippen molar-refractivity contribution in [1.29, 1.82) is 0 Å². The summed E-state index contributed by atoms with van der Waals surface area (Å²) in [4.78, 5) is 13.3. The van der Waals surface area contributed by atoms with E-state index in [1.807, 2.05) is 43.3 Å². The molecule has 1 N–H and O–H groups in total. The summed E-state index contributed by atoms with van der Waals surface area (Å²) in [6.07, 6.45) is 0.864. The predicted octanol–water partition coefficient (Wildman–Crippen LogP) is 3.41. The summed E-state index contributed by atoms with van der Waals surface area (Å²) in [6, 6.07) is 12.5. The van der Waals surface area contributed by atoms with Crippen LogP contribution in [0.25, 0.3) is 0 Å². The lowest BCUT2D eigenvalue weighted by Crippen LogP contribution is -2.40. The van der Waals surface area contributed by atoms with Gasteiger partial charge in [0.1, 0.15) is 6.04 Å². The van der Waals surface area contributed by atoms with Crippen molar-refractivity contribution >= 4 is 33.1 Å². The number of carbonyl (C=O) groups is 1. The molecule has 28 heavy (non-hydrogen) atoms. The van der Waals surface area contributed by atoms with Crippen LogP contribution in [0.3, 0.4) is 0 Å². The average Bonchev–Trinajstić information content (AvgIpc) is 3.18. The minimum atomic E-state index is -3.85. The number of azo groups is 1. The van der Waals surface area contributed by atoms with E-state index in [1.165, 1.54) is 12.1 Å². The van der Waals surface area contributed by atoms with Crippen LogP contribution < -0.4 is 4.90 Å². The highest BCUT2D eigenvalue weighted by molar-refractivity contribution is 7.89. The first-order valence-corrected chi connectivity index (χ1v) is 10.3. The van der Waals surface area contributed by atoms with Crippen molar-refractivity contribution < 1.29 is 18.3 Å². The van der Waals surface area contributed by atoms with E-state index in [9.17, 15) is 18.3 Å². The van der Waals surface area contributed by atoms with Crippen LogP contribution in [-0.4, -0.2) is 50.5 Å². The van der Waals surface area contributed by atoms with Crippen molar-refractivity contribution in [2.45, 2.75) is 23.8 Å². The Kier molecular flexibility index (Phi) is 5.76. The van der Waals surface area contributed by atoms with Gasteiger partial charge in [-0.2, -0.15) is 14.5 Å². The Labute approximate surface area is 164 Å². The third kappa shape index (κ3) is 4.20. The van der Waals surface area contributed by atoms with E-state index in [-0.39, 0.29) is 11.4 Å². The van der Waals surface area contributed by atoms with Crippen molar-refractivity contribution in [3.8, 4) is 0 Å². The van der Waals surface area contributed by atoms with Crippen LogP contribution in [0.5, 0.6) is 0 Å². The van der Waals surface area contributed by atoms with Crippen LogP contribution in [0.4, 0.5) is 17.1 Å². The normalized spacial score (nSPS) is 17.9. The third-order valence-corrected chi connectivity index (χ3v) is 6.50. The second kappa shape index (κ2) is 8.07. The number of hydrogen-bond donors (Lipinski definition) is 1. The number of anilines is 1. The van der Waals surface area contributed by atoms with Gasteiger partial charge in [0.15, 0.2) is 0 Å². The Bertz CT molecular complexity index is 970. The molecule has 2 aromatic rings. The number of carboxylic acids is 1. The molecule has 0 aromatic heterocycles. The number of sulfonamides is 1. The number of aliphatic carboxylic acids is 1. The summed E-state index contributed by atoms with van der Waals surface area (Å²) in [5, 5.41) is 17.5. The summed E-state index contributed by atoms with van der Waals surface area (Å²) in [5.74, 6) is -1.12. The van der Waals surface area contributed by atoms with Gasteiger partial charge >= 0.3 is 5.97 Å². The Morgan fingerprint density at radius 1 is 1.04 bits per heavy atom. The van der Waals surface area contributed by atoms with Crippen molar-refractivity contribution in [2.24, 2.45) is 10.2 Å². The van der Waals surface area contributed by atoms with Gasteiger partial charge < -0.3 is 10.0 Å². The number of nitrogens with zero attached hydrogens (tertiary/aromatic N) is 4. The summed E-state index contributed by atoms with van der Waals surface area (Å²) in [6.45, 7) is 0.212. The fourth-order valence-corrected chi connectivity index (χ4v) is 4.68. The molecule has 0 amide bonds. The van der Waals surface area contributed by atoms with E-state index in [2.05, 4.69) is 10.2 Å². The molecule has 3 rings (SSSR count). The molecule has 8 nitrogen and oxygen atoms in total. The van der Waals surface area contributed by atoms with Crippen molar-refractivity contribution in [3.63, 3.8) is 0 Å². The first-order valence-electron chi connectivity index (χ1n) is 8.83. The topological polar surface area (TPSA) is 103 Å². The third-order valence-electron chi connectivity index (χ3n) is 4.58. The van der Waals surface area contributed by atoms with E-state index >= 15 is 0 Å².